The molecule has 0 saturated carbocycles. The third-order valence-electron chi connectivity index (χ3n) is 4.37. The highest BCUT2D eigenvalue weighted by atomic mass is 32.1. The Morgan fingerprint density at radius 2 is 1.93 bits per heavy atom. The first-order valence-electron chi connectivity index (χ1n) is 8.80. The SMILES string of the molecule is CC(Nc1ncc(-c2cccs2)c(-c2nccs2)n1)c1nc2ccccc2[nH]1. The molecule has 8 heteroatoms. The maximum Gasteiger partial charge on any atom is 0.223 e. The molecule has 0 aliphatic carbocycles. The second-order valence-corrected chi connectivity index (χ2v) is 8.12. The van der Waals surface area contributed by atoms with Gasteiger partial charge in [-0.1, -0.05) is 18.2 Å². The lowest BCUT2D eigenvalue weighted by molar-refractivity contribution is 0.800. The summed E-state index contributed by atoms with van der Waals surface area (Å²) in [4.78, 5) is 22.9. The summed E-state index contributed by atoms with van der Waals surface area (Å²) in [6, 6.07) is 12.0. The van der Waals surface area contributed by atoms with Gasteiger partial charge in [-0.2, -0.15) is 0 Å². The van der Waals surface area contributed by atoms with Crippen LogP contribution in [-0.4, -0.2) is 24.9 Å². The average Bonchev–Trinajstić information content (AvgIpc) is 3.49. The molecule has 6 nitrogen and oxygen atoms in total. The second-order valence-electron chi connectivity index (χ2n) is 6.28. The van der Waals surface area contributed by atoms with Gasteiger partial charge in [0.05, 0.1) is 17.1 Å². The lowest BCUT2D eigenvalue weighted by Gasteiger charge is -2.13. The van der Waals surface area contributed by atoms with E-state index in [1.807, 2.05) is 48.8 Å². The molecule has 4 aromatic heterocycles. The molecule has 1 atom stereocenters. The van der Waals surface area contributed by atoms with E-state index in [9.17, 15) is 0 Å². The highest BCUT2D eigenvalue weighted by molar-refractivity contribution is 7.14. The number of hydrogen-bond acceptors (Lipinski definition) is 7. The number of rotatable bonds is 5. The molecule has 0 aliphatic heterocycles. The summed E-state index contributed by atoms with van der Waals surface area (Å²) in [6.45, 7) is 2.04. The van der Waals surface area contributed by atoms with Crippen LogP contribution in [0.1, 0.15) is 18.8 Å². The van der Waals surface area contributed by atoms with E-state index in [1.54, 1.807) is 28.9 Å². The first-order valence-corrected chi connectivity index (χ1v) is 10.6. The molecule has 4 heterocycles. The quantitative estimate of drug-likeness (QED) is 0.411. The molecule has 5 aromatic rings. The number of aromatic nitrogens is 5. The number of imidazole rings is 1. The minimum absolute atomic E-state index is 0.0656. The molecule has 0 radical (unpaired) electrons. The molecule has 0 fully saturated rings. The van der Waals surface area contributed by atoms with Crippen molar-refractivity contribution in [3.05, 3.63) is 65.4 Å². The molecule has 2 N–H and O–H groups in total. The first kappa shape index (κ1) is 17.0. The van der Waals surface area contributed by atoms with Crippen molar-refractivity contribution in [1.29, 1.82) is 0 Å². The highest BCUT2D eigenvalue weighted by Crippen LogP contribution is 2.34. The molecule has 0 spiro atoms. The van der Waals surface area contributed by atoms with Crippen LogP contribution >= 0.6 is 22.7 Å². The third-order valence-corrected chi connectivity index (χ3v) is 6.06. The van der Waals surface area contributed by atoms with E-state index >= 15 is 0 Å². The van der Waals surface area contributed by atoms with Gasteiger partial charge in [-0.25, -0.2) is 19.9 Å². The van der Waals surface area contributed by atoms with Crippen molar-refractivity contribution >= 4 is 39.7 Å². The number of thiazole rings is 1. The molecule has 0 aliphatic rings. The van der Waals surface area contributed by atoms with Crippen LogP contribution in [0.2, 0.25) is 0 Å². The summed E-state index contributed by atoms with van der Waals surface area (Å²) in [5, 5.41) is 8.25. The fourth-order valence-electron chi connectivity index (χ4n) is 3.01. The molecule has 138 valence electrons. The van der Waals surface area contributed by atoms with E-state index in [2.05, 4.69) is 36.7 Å². The van der Waals surface area contributed by atoms with E-state index in [-0.39, 0.29) is 6.04 Å². The number of nitrogens with one attached hydrogen (secondary N) is 2. The van der Waals surface area contributed by atoms with Crippen molar-refractivity contribution in [3.63, 3.8) is 0 Å². The summed E-state index contributed by atoms with van der Waals surface area (Å²) < 4.78 is 0. The fraction of sp³-hybridized carbons (Fsp3) is 0.100. The second kappa shape index (κ2) is 7.14. The van der Waals surface area contributed by atoms with Crippen molar-refractivity contribution in [3.8, 4) is 21.1 Å². The number of para-hydroxylation sites is 2. The summed E-state index contributed by atoms with van der Waals surface area (Å²) in [6.07, 6.45) is 3.66. The van der Waals surface area contributed by atoms with Crippen molar-refractivity contribution in [2.45, 2.75) is 13.0 Å². The Hall–Kier alpha value is -3.10. The topological polar surface area (TPSA) is 79.4 Å². The molecular formula is C20H16N6S2. The Kier molecular flexibility index (Phi) is 4.34. The number of hydrogen-bond donors (Lipinski definition) is 2. The van der Waals surface area contributed by atoms with Gasteiger partial charge in [0.2, 0.25) is 5.95 Å². The molecule has 28 heavy (non-hydrogen) atoms. The molecule has 5 rings (SSSR count). The van der Waals surface area contributed by atoms with Crippen molar-refractivity contribution in [2.75, 3.05) is 5.32 Å². The molecule has 1 unspecified atom stereocenters. The van der Waals surface area contributed by atoms with E-state index in [0.717, 1.165) is 38.0 Å². The van der Waals surface area contributed by atoms with Gasteiger partial charge in [0, 0.05) is 28.2 Å². The van der Waals surface area contributed by atoms with Crippen LogP contribution in [0.3, 0.4) is 0 Å². The average molecular weight is 405 g/mol. The van der Waals surface area contributed by atoms with E-state index in [0.29, 0.717) is 5.95 Å². The number of aromatic amines is 1. The lowest BCUT2D eigenvalue weighted by atomic mass is 10.2. The van der Waals surface area contributed by atoms with E-state index in [1.165, 1.54) is 0 Å². The summed E-state index contributed by atoms with van der Waals surface area (Å²) in [5.74, 6) is 1.40. The van der Waals surface area contributed by atoms with E-state index < -0.39 is 0 Å². The van der Waals surface area contributed by atoms with Gasteiger partial charge in [-0.05, 0) is 30.5 Å². The Bertz CT molecular complexity index is 1180. The zero-order valence-electron chi connectivity index (χ0n) is 15.0. The van der Waals surface area contributed by atoms with Crippen LogP contribution in [0, 0.1) is 0 Å². The number of anilines is 1. The number of fused-ring (bicyclic) bond motifs is 1. The van der Waals surface area contributed by atoms with E-state index in [4.69, 9.17) is 4.98 Å². The number of benzene rings is 1. The van der Waals surface area contributed by atoms with Gasteiger partial charge in [0.1, 0.15) is 16.5 Å². The van der Waals surface area contributed by atoms with Crippen LogP contribution in [0.5, 0.6) is 0 Å². The van der Waals surface area contributed by atoms with Crippen molar-refractivity contribution in [2.24, 2.45) is 0 Å². The van der Waals surface area contributed by atoms with Crippen LogP contribution in [0.4, 0.5) is 5.95 Å². The highest BCUT2D eigenvalue weighted by Gasteiger charge is 2.17. The van der Waals surface area contributed by atoms with Crippen molar-refractivity contribution < 1.29 is 0 Å². The smallest absolute Gasteiger partial charge is 0.223 e. The lowest BCUT2D eigenvalue weighted by Crippen LogP contribution is -2.11. The summed E-state index contributed by atoms with van der Waals surface area (Å²) in [7, 11) is 0. The normalized spacial score (nSPS) is 12.3. The summed E-state index contributed by atoms with van der Waals surface area (Å²) >= 11 is 3.24. The number of nitrogens with zero attached hydrogens (tertiary/aromatic N) is 4. The standard InChI is InChI=1S/C20H16N6S2/c1-12(18-24-14-5-2-3-6-15(14)25-18)23-20-22-11-13(16-7-4-9-27-16)17(26-20)19-21-8-10-28-19/h2-12H,1H3,(H,24,25)(H,22,23,26). The van der Waals surface area contributed by atoms with Gasteiger partial charge in [-0.15, -0.1) is 22.7 Å². The molecule has 0 bridgehead atoms. The fourth-order valence-corrected chi connectivity index (χ4v) is 4.38. The first-order chi connectivity index (χ1) is 13.8. The molecule has 0 amide bonds. The van der Waals surface area contributed by atoms with Crippen LogP contribution in [0.15, 0.2) is 59.6 Å². The van der Waals surface area contributed by atoms with Gasteiger partial charge >= 0.3 is 0 Å². The predicted molar refractivity (Wildman–Crippen MR) is 115 cm³/mol. The Balaban J connectivity index is 1.49. The monoisotopic (exact) mass is 404 g/mol. The Labute approximate surface area is 169 Å². The Morgan fingerprint density at radius 1 is 1.00 bits per heavy atom. The zero-order chi connectivity index (χ0) is 18.9. The number of H-pyrrole nitrogens is 1. The zero-order valence-corrected chi connectivity index (χ0v) is 16.6. The van der Waals surface area contributed by atoms with Gasteiger partial charge in [-0.3, -0.25) is 0 Å². The minimum atomic E-state index is -0.0656. The largest absolute Gasteiger partial charge is 0.345 e. The molecule has 0 saturated heterocycles. The maximum absolute atomic E-state index is 4.78. The minimum Gasteiger partial charge on any atom is -0.345 e. The maximum atomic E-state index is 4.78. The van der Waals surface area contributed by atoms with Gasteiger partial charge in [0.15, 0.2) is 0 Å². The summed E-state index contributed by atoms with van der Waals surface area (Å²) in [5.41, 5.74) is 3.80. The predicted octanol–water partition coefficient (Wildman–Crippen LogP) is 5.38. The number of thiophene rings is 1. The third kappa shape index (κ3) is 3.17. The van der Waals surface area contributed by atoms with Crippen LogP contribution < -0.4 is 5.32 Å². The molecular weight excluding hydrogens is 388 g/mol. The van der Waals surface area contributed by atoms with Crippen LogP contribution in [-0.2, 0) is 0 Å². The van der Waals surface area contributed by atoms with Crippen LogP contribution in [0.25, 0.3) is 32.2 Å². The Morgan fingerprint density at radius 3 is 2.71 bits per heavy atom. The van der Waals surface area contributed by atoms with Gasteiger partial charge in [0.25, 0.3) is 0 Å². The van der Waals surface area contributed by atoms with Crippen molar-refractivity contribution in [1.82, 2.24) is 24.9 Å². The molecule has 1 aromatic carbocycles. The van der Waals surface area contributed by atoms with Gasteiger partial charge < -0.3 is 10.3 Å².